The van der Waals surface area contributed by atoms with E-state index in [0.717, 1.165) is 33.5 Å². The maximum absolute atomic E-state index is 12.0. The van der Waals surface area contributed by atoms with Gasteiger partial charge in [-0.05, 0) is 37.5 Å². The first-order valence-corrected chi connectivity index (χ1v) is 7.40. The Hall–Kier alpha value is -2.88. The Morgan fingerprint density at radius 1 is 1.09 bits per heavy atom. The van der Waals surface area contributed by atoms with Crippen LogP contribution >= 0.6 is 0 Å². The van der Waals surface area contributed by atoms with Crippen molar-refractivity contribution in [3.63, 3.8) is 0 Å². The van der Waals surface area contributed by atoms with E-state index in [2.05, 4.69) is 22.4 Å². The van der Waals surface area contributed by atoms with E-state index >= 15 is 0 Å². The van der Waals surface area contributed by atoms with Gasteiger partial charge in [0.25, 0.3) is 0 Å². The Balaban J connectivity index is 2.04. The van der Waals surface area contributed by atoms with Crippen molar-refractivity contribution in [2.75, 3.05) is 5.32 Å². The van der Waals surface area contributed by atoms with Gasteiger partial charge in [0, 0.05) is 11.3 Å². The largest absolute Gasteiger partial charge is 0.339 e. The normalized spacial score (nSPS) is 10.6. The first-order chi connectivity index (χ1) is 11.0. The lowest BCUT2D eigenvalue weighted by molar-refractivity contribution is 0.252. The minimum atomic E-state index is -0.369. The number of hydrazone groups is 1. The number of urea groups is 1. The van der Waals surface area contributed by atoms with Crippen LogP contribution in [0.25, 0.3) is 5.57 Å². The summed E-state index contributed by atoms with van der Waals surface area (Å²) in [5, 5.41) is 6.83. The van der Waals surface area contributed by atoms with Crippen LogP contribution in [0.5, 0.6) is 0 Å². The third-order valence-corrected chi connectivity index (χ3v) is 3.51. The predicted octanol–water partition coefficient (Wildman–Crippen LogP) is 4.49. The molecule has 4 heteroatoms. The number of anilines is 1. The van der Waals surface area contributed by atoms with E-state index in [1.165, 1.54) is 0 Å². The molecule has 0 unspecified atom stereocenters. The summed E-state index contributed by atoms with van der Waals surface area (Å²) in [6.07, 6.45) is 1.62. The van der Waals surface area contributed by atoms with Crippen LogP contribution < -0.4 is 10.7 Å². The molecule has 0 aliphatic rings. The fourth-order valence-corrected chi connectivity index (χ4v) is 2.31. The molecule has 0 spiro atoms. The second-order valence-corrected chi connectivity index (χ2v) is 5.46. The molecule has 2 aromatic rings. The molecule has 0 aromatic heterocycles. The average Bonchev–Trinajstić information content (AvgIpc) is 2.51. The lowest BCUT2D eigenvalue weighted by Gasteiger charge is -2.10. The Morgan fingerprint density at radius 3 is 2.39 bits per heavy atom. The fraction of sp³-hybridized carbons (Fsp3) is 0.158. The number of allylic oxidation sites excluding steroid dienone is 1. The Kier molecular flexibility index (Phi) is 5.31. The molecule has 0 bridgehead atoms. The SMILES string of the molecule is C=C(C)c1ccccc1C=NNC(=O)Nc1c(C)cccc1C. The highest BCUT2D eigenvalue weighted by Crippen LogP contribution is 2.19. The second-order valence-electron chi connectivity index (χ2n) is 5.46. The van der Waals surface area contributed by atoms with Crippen molar-refractivity contribution >= 4 is 23.5 Å². The van der Waals surface area contributed by atoms with Gasteiger partial charge in [-0.3, -0.25) is 0 Å². The van der Waals surface area contributed by atoms with Crippen LogP contribution in [0.3, 0.4) is 0 Å². The van der Waals surface area contributed by atoms with Gasteiger partial charge in [0.2, 0.25) is 0 Å². The zero-order valence-corrected chi connectivity index (χ0v) is 13.7. The summed E-state index contributed by atoms with van der Waals surface area (Å²) in [6.45, 7) is 9.79. The number of hydrogen-bond acceptors (Lipinski definition) is 2. The number of benzene rings is 2. The Labute approximate surface area is 136 Å². The third kappa shape index (κ3) is 4.30. The summed E-state index contributed by atoms with van der Waals surface area (Å²) in [5.41, 5.74) is 8.19. The van der Waals surface area contributed by atoms with E-state index in [1.54, 1.807) is 6.21 Å². The van der Waals surface area contributed by atoms with E-state index in [9.17, 15) is 4.79 Å². The number of nitrogens with one attached hydrogen (secondary N) is 2. The van der Waals surface area contributed by atoms with Crippen molar-refractivity contribution in [1.82, 2.24) is 5.43 Å². The molecule has 0 saturated carbocycles. The average molecular weight is 307 g/mol. The van der Waals surface area contributed by atoms with Crippen LogP contribution in [0, 0.1) is 13.8 Å². The lowest BCUT2D eigenvalue weighted by Crippen LogP contribution is -2.25. The topological polar surface area (TPSA) is 53.5 Å². The Morgan fingerprint density at radius 2 is 1.74 bits per heavy atom. The number of nitrogens with zero attached hydrogens (tertiary/aromatic N) is 1. The van der Waals surface area contributed by atoms with Gasteiger partial charge in [-0.25, -0.2) is 10.2 Å². The number of amides is 2. The molecule has 0 aliphatic heterocycles. The molecular weight excluding hydrogens is 286 g/mol. The van der Waals surface area contributed by atoms with E-state index in [4.69, 9.17) is 0 Å². The molecule has 0 heterocycles. The van der Waals surface area contributed by atoms with Gasteiger partial charge in [0.1, 0.15) is 0 Å². The zero-order chi connectivity index (χ0) is 16.8. The second kappa shape index (κ2) is 7.40. The van der Waals surface area contributed by atoms with Crippen LogP contribution in [-0.4, -0.2) is 12.2 Å². The number of para-hydroxylation sites is 1. The first-order valence-electron chi connectivity index (χ1n) is 7.40. The van der Waals surface area contributed by atoms with Gasteiger partial charge in [-0.15, -0.1) is 0 Å². The zero-order valence-electron chi connectivity index (χ0n) is 13.7. The van der Waals surface area contributed by atoms with Crippen LogP contribution in [-0.2, 0) is 0 Å². The van der Waals surface area contributed by atoms with Gasteiger partial charge in [-0.1, -0.05) is 54.6 Å². The molecule has 2 aromatic carbocycles. The summed E-state index contributed by atoms with van der Waals surface area (Å²) in [4.78, 5) is 12.0. The predicted molar refractivity (Wildman–Crippen MR) is 96.8 cm³/mol. The van der Waals surface area contributed by atoms with Crippen LogP contribution in [0.15, 0.2) is 54.1 Å². The molecule has 23 heavy (non-hydrogen) atoms. The molecule has 0 fully saturated rings. The quantitative estimate of drug-likeness (QED) is 0.634. The summed E-state index contributed by atoms with van der Waals surface area (Å²) in [7, 11) is 0. The molecule has 0 aliphatic carbocycles. The molecule has 0 saturated heterocycles. The van der Waals surface area contributed by atoms with Gasteiger partial charge in [-0.2, -0.15) is 5.10 Å². The van der Waals surface area contributed by atoms with E-state index in [1.807, 2.05) is 63.2 Å². The maximum Gasteiger partial charge on any atom is 0.339 e. The van der Waals surface area contributed by atoms with E-state index in [0.29, 0.717) is 0 Å². The van der Waals surface area contributed by atoms with Gasteiger partial charge < -0.3 is 5.32 Å². The molecule has 2 amide bonds. The summed E-state index contributed by atoms with van der Waals surface area (Å²) >= 11 is 0. The fourth-order valence-electron chi connectivity index (χ4n) is 2.31. The lowest BCUT2D eigenvalue weighted by atomic mass is 10.0. The van der Waals surface area contributed by atoms with Crippen molar-refractivity contribution in [3.8, 4) is 0 Å². The molecule has 2 N–H and O–H groups in total. The molecule has 0 atom stereocenters. The van der Waals surface area contributed by atoms with Crippen molar-refractivity contribution < 1.29 is 4.79 Å². The highest BCUT2D eigenvalue weighted by Gasteiger charge is 2.06. The van der Waals surface area contributed by atoms with Crippen LogP contribution in [0.1, 0.15) is 29.2 Å². The molecule has 0 radical (unpaired) electrons. The monoisotopic (exact) mass is 307 g/mol. The number of hydrogen-bond donors (Lipinski definition) is 2. The number of carbonyl (C=O) groups is 1. The van der Waals surface area contributed by atoms with Gasteiger partial charge in [0.05, 0.1) is 6.21 Å². The first kappa shape index (κ1) is 16.5. The smallest absolute Gasteiger partial charge is 0.306 e. The minimum Gasteiger partial charge on any atom is -0.306 e. The molecule has 4 nitrogen and oxygen atoms in total. The highest BCUT2D eigenvalue weighted by molar-refractivity contribution is 5.93. The number of rotatable bonds is 4. The van der Waals surface area contributed by atoms with Crippen molar-refractivity contribution in [1.29, 1.82) is 0 Å². The summed E-state index contributed by atoms with van der Waals surface area (Å²) in [6, 6.07) is 13.3. The van der Waals surface area contributed by atoms with Gasteiger partial charge in [0.15, 0.2) is 0 Å². The minimum absolute atomic E-state index is 0.369. The maximum atomic E-state index is 12.0. The van der Waals surface area contributed by atoms with E-state index < -0.39 is 0 Å². The summed E-state index contributed by atoms with van der Waals surface area (Å²) in [5.74, 6) is 0. The van der Waals surface area contributed by atoms with Crippen LogP contribution in [0.2, 0.25) is 0 Å². The van der Waals surface area contributed by atoms with E-state index in [-0.39, 0.29) is 6.03 Å². The molecular formula is C19H21N3O. The molecule has 118 valence electrons. The Bertz CT molecular complexity index is 743. The van der Waals surface area contributed by atoms with Crippen LogP contribution in [0.4, 0.5) is 10.5 Å². The highest BCUT2D eigenvalue weighted by atomic mass is 16.2. The summed E-state index contributed by atoms with van der Waals surface area (Å²) < 4.78 is 0. The number of carbonyl (C=O) groups excluding carboxylic acids is 1. The third-order valence-electron chi connectivity index (χ3n) is 3.51. The standard InChI is InChI=1S/C19H21N3O/c1-13(2)17-11-6-5-10-16(17)12-20-22-19(23)21-18-14(3)8-7-9-15(18)4/h5-12H,1H2,2-4H3,(H2,21,22,23). The van der Waals surface area contributed by atoms with Gasteiger partial charge >= 0.3 is 6.03 Å². The van der Waals surface area contributed by atoms with Crippen molar-refractivity contribution in [2.24, 2.45) is 5.10 Å². The molecule has 2 rings (SSSR count). The van der Waals surface area contributed by atoms with Crippen molar-refractivity contribution in [2.45, 2.75) is 20.8 Å². The van der Waals surface area contributed by atoms with Crippen molar-refractivity contribution in [3.05, 3.63) is 71.3 Å². The number of aryl methyl sites for hydroxylation is 2.